The molecule has 0 unspecified atom stereocenters. The molecule has 5 nitrogen and oxygen atoms in total. The number of ether oxygens (including phenoxy) is 2. The zero-order valence-electron chi connectivity index (χ0n) is 22.2. The van der Waals surface area contributed by atoms with Crippen LogP contribution in [0.4, 0.5) is 0 Å². The van der Waals surface area contributed by atoms with E-state index in [4.69, 9.17) is 13.9 Å². The molecule has 2 aliphatic heterocycles. The zero-order valence-corrected chi connectivity index (χ0v) is 23.2. The van der Waals surface area contributed by atoms with E-state index in [-0.39, 0.29) is 22.5 Å². The number of esters is 1. The molecule has 0 radical (unpaired) electrons. The number of nitrogens with zero attached hydrogens (tertiary/aromatic N) is 1. The van der Waals surface area contributed by atoms with Crippen molar-refractivity contribution in [2.24, 2.45) is 5.92 Å². The fourth-order valence-corrected chi connectivity index (χ4v) is 7.60. The summed E-state index contributed by atoms with van der Waals surface area (Å²) in [5, 5.41) is 0.0791. The summed E-state index contributed by atoms with van der Waals surface area (Å²) in [6, 6.07) is 14.0. The minimum atomic E-state index is -2.08. The second-order valence-electron chi connectivity index (χ2n) is 12.5. The third-order valence-corrected chi connectivity index (χ3v) is 13.9. The van der Waals surface area contributed by atoms with E-state index in [1.54, 1.807) is 12.1 Å². The molecule has 36 heavy (non-hydrogen) atoms. The minimum absolute atomic E-state index is 0.0791. The first-order valence-electron chi connectivity index (χ1n) is 13.2. The standard InChI is InChI=1S/C30H37NO4Si/c1-29(2,3)36(5,6)35-23-14-12-20-18-22-21-13-15-24(33-28(32)19-10-8-7-9-11-19)27-30(21,16-17-31(22)4)25(20)26(23)34-27/h7-15,21-22,24,27H,16-18H2,1-6H3/t21-,22+,24-,27-,30-/m0/s1. The Bertz CT molecular complexity index is 1230. The van der Waals surface area contributed by atoms with Crippen molar-refractivity contribution in [2.75, 3.05) is 13.6 Å². The number of piperidine rings is 1. The first-order chi connectivity index (χ1) is 17.0. The van der Waals surface area contributed by atoms with E-state index in [2.05, 4.69) is 70.1 Å². The minimum Gasteiger partial charge on any atom is -0.541 e. The molecule has 1 spiro atoms. The molecule has 2 heterocycles. The lowest BCUT2D eigenvalue weighted by Crippen LogP contribution is -2.65. The van der Waals surface area contributed by atoms with Crippen molar-refractivity contribution < 1.29 is 18.7 Å². The van der Waals surface area contributed by atoms with Crippen LogP contribution in [0.3, 0.4) is 0 Å². The fraction of sp³-hybridized carbons (Fsp3) is 0.500. The molecule has 2 aromatic carbocycles. The van der Waals surface area contributed by atoms with Gasteiger partial charge in [0, 0.05) is 22.9 Å². The lowest BCUT2D eigenvalue weighted by molar-refractivity contribution is -0.0554. The lowest BCUT2D eigenvalue weighted by atomic mass is 9.53. The van der Waals surface area contributed by atoms with Crippen LogP contribution in [-0.4, -0.2) is 51.0 Å². The Hall–Kier alpha value is -2.57. The molecule has 6 heteroatoms. The number of rotatable bonds is 4. The van der Waals surface area contributed by atoms with Gasteiger partial charge in [-0.2, -0.15) is 0 Å². The van der Waals surface area contributed by atoms with Crippen LogP contribution in [0.2, 0.25) is 18.1 Å². The van der Waals surface area contributed by atoms with E-state index in [1.165, 1.54) is 11.1 Å². The molecule has 1 saturated heterocycles. The highest BCUT2D eigenvalue weighted by molar-refractivity contribution is 6.74. The molecule has 5 atom stereocenters. The van der Waals surface area contributed by atoms with E-state index in [9.17, 15) is 4.79 Å². The summed E-state index contributed by atoms with van der Waals surface area (Å²) in [7, 11) is 0.159. The van der Waals surface area contributed by atoms with Gasteiger partial charge in [-0.05, 0) is 74.4 Å². The maximum Gasteiger partial charge on any atom is 0.338 e. The van der Waals surface area contributed by atoms with Crippen LogP contribution >= 0.6 is 0 Å². The molecule has 2 aliphatic carbocycles. The van der Waals surface area contributed by atoms with Crippen molar-refractivity contribution in [1.29, 1.82) is 0 Å². The Morgan fingerprint density at radius 1 is 1.11 bits per heavy atom. The van der Waals surface area contributed by atoms with Crippen molar-refractivity contribution in [2.45, 2.75) is 75.4 Å². The van der Waals surface area contributed by atoms with Crippen molar-refractivity contribution in [3.05, 3.63) is 71.3 Å². The van der Waals surface area contributed by atoms with Gasteiger partial charge in [-0.15, -0.1) is 0 Å². The van der Waals surface area contributed by atoms with E-state index in [0.29, 0.717) is 17.5 Å². The molecule has 2 aromatic rings. The molecule has 6 rings (SSSR count). The van der Waals surface area contributed by atoms with Crippen LogP contribution in [0.25, 0.3) is 0 Å². The number of likely N-dealkylation sites (N-methyl/N-ethyl adjacent to an activating group) is 1. The number of hydrogen-bond donors (Lipinski definition) is 0. The summed E-state index contributed by atoms with van der Waals surface area (Å²) in [6.45, 7) is 12.3. The second-order valence-corrected chi connectivity index (χ2v) is 17.2. The van der Waals surface area contributed by atoms with E-state index in [0.717, 1.165) is 30.9 Å². The topological polar surface area (TPSA) is 48.0 Å². The van der Waals surface area contributed by atoms with Crippen LogP contribution in [-0.2, 0) is 16.6 Å². The first kappa shape index (κ1) is 23.8. The van der Waals surface area contributed by atoms with Gasteiger partial charge >= 0.3 is 5.97 Å². The zero-order chi connectivity index (χ0) is 25.5. The van der Waals surface area contributed by atoms with Crippen LogP contribution in [0.15, 0.2) is 54.6 Å². The van der Waals surface area contributed by atoms with Gasteiger partial charge in [0.25, 0.3) is 8.32 Å². The monoisotopic (exact) mass is 503 g/mol. The Labute approximate surface area is 215 Å². The van der Waals surface area contributed by atoms with E-state index >= 15 is 0 Å². The fourth-order valence-electron chi connectivity index (χ4n) is 6.58. The summed E-state index contributed by atoms with van der Waals surface area (Å²) >= 11 is 0. The Balaban J connectivity index is 1.44. The average Bonchev–Trinajstić information content (AvgIpc) is 3.19. The van der Waals surface area contributed by atoms with Gasteiger partial charge < -0.3 is 18.8 Å². The first-order valence-corrected chi connectivity index (χ1v) is 16.1. The van der Waals surface area contributed by atoms with Crippen LogP contribution in [0.1, 0.15) is 48.7 Å². The largest absolute Gasteiger partial charge is 0.541 e. The predicted octanol–water partition coefficient (Wildman–Crippen LogP) is 5.74. The maximum absolute atomic E-state index is 13.1. The summed E-state index contributed by atoms with van der Waals surface area (Å²) in [5.41, 5.74) is 3.02. The van der Waals surface area contributed by atoms with Crippen molar-refractivity contribution in [1.82, 2.24) is 4.90 Å². The van der Waals surface area contributed by atoms with Crippen LogP contribution < -0.4 is 9.16 Å². The van der Waals surface area contributed by atoms with Crippen molar-refractivity contribution >= 4 is 14.3 Å². The highest BCUT2D eigenvalue weighted by Gasteiger charge is 2.65. The number of carbonyl (C=O) groups is 1. The molecular weight excluding hydrogens is 466 g/mol. The Kier molecular flexibility index (Phi) is 5.26. The number of carbonyl (C=O) groups excluding carboxylic acids is 1. The smallest absolute Gasteiger partial charge is 0.338 e. The molecule has 0 aromatic heterocycles. The molecule has 0 N–H and O–H groups in total. The van der Waals surface area contributed by atoms with Gasteiger partial charge in [-0.3, -0.25) is 0 Å². The van der Waals surface area contributed by atoms with Crippen molar-refractivity contribution in [3.8, 4) is 11.5 Å². The highest BCUT2D eigenvalue weighted by atomic mass is 28.4. The van der Waals surface area contributed by atoms with Gasteiger partial charge in [0.05, 0.1) is 5.56 Å². The second kappa shape index (κ2) is 7.96. The summed E-state index contributed by atoms with van der Waals surface area (Å²) in [6.07, 6.45) is 5.66. The predicted molar refractivity (Wildman–Crippen MR) is 143 cm³/mol. The Morgan fingerprint density at radius 3 is 2.58 bits per heavy atom. The average molecular weight is 504 g/mol. The van der Waals surface area contributed by atoms with Crippen molar-refractivity contribution in [3.63, 3.8) is 0 Å². The van der Waals surface area contributed by atoms with Gasteiger partial charge in [0.2, 0.25) is 0 Å². The maximum atomic E-state index is 13.1. The van der Waals surface area contributed by atoms with Gasteiger partial charge in [-0.25, -0.2) is 4.79 Å². The van der Waals surface area contributed by atoms with Gasteiger partial charge in [-0.1, -0.05) is 51.1 Å². The van der Waals surface area contributed by atoms with Gasteiger partial charge in [0.1, 0.15) is 11.9 Å². The summed E-state index contributed by atoms with van der Waals surface area (Å²) < 4.78 is 19.9. The SMILES string of the molecule is CN1CC[C@]23c4c5ccc(O[Si](C)(C)C(C)(C)C)c4O[C@H]2[C@@H](OC(=O)c2ccccc2)C=C[C@H]3[C@H]1C5. The summed E-state index contributed by atoms with van der Waals surface area (Å²) in [5.74, 6) is 1.76. The quantitative estimate of drug-likeness (QED) is 0.302. The molecule has 1 fully saturated rings. The molecule has 2 bridgehead atoms. The van der Waals surface area contributed by atoms with E-state index in [1.807, 2.05) is 18.2 Å². The lowest BCUT2D eigenvalue weighted by Gasteiger charge is -2.56. The molecule has 0 amide bonds. The van der Waals surface area contributed by atoms with E-state index < -0.39 is 14.4 Å². The molecule has 4 aliphatic rings. The van der Waals surface area contributed by atoms with Gasteiger partial charge in [0.15, 0.2) is 11.9 Å². The third-order valence-electron chi connectivity index (χ3n) is 9.54. The Morgan fingerprint density at radius 2 is 1.86 bits per heavy atom. The molecule has 190 valence electrons. The number of hydrogen-bond acceptors (Lipinski definition) is 5. The number of likely N-dealkylation sites (tertiary alicyclic amines) is 1. The number of benzene rings is 2. The third kappa shape index (κ3) is 3.33. The van der Waals surface area contributed by atoms with Crippen LogP contribution in [0.5, 0.6) is 11.5 Å². The summed E-state index contributed by atoms with van der Waals surface area (Å²) in [4.78, 5) is 15.6. The molecular formula is C30H37NO4Si. The normalized spacial score (nSPS) is 30.4. The molecule has 0 saturated carbocycles. The van der Waals surface area contributed by atoms with Crippen LogP contribution in [0, 0.1) is 5.92 Å². The highest BCUT2D eigenvalue weighted by Crippen LogP contribution is 2.63.